The number of esters is 1. The average Bonchev–Trinajstić information content (AvgIpc) is 4.13. The largest absolute Gasteiger partial charge is 0.464 e. The van der Waals surface area contributed by atoms with Gasteiger partial charge in [-0.15, -0.1) is 0 Å². The second-order valence-electron chi connectivity index (χ2n) is 19.9. The van der Waals surface area contributed by atoms with Gasteiger partial charge in [-0.3, -0.25) is 34.0 Å². The van der Waals surface area contributed by atoms with Crippen LogP contribution in [-0.4, -0.2) is 112 Å². The van der Waals surface area contributed by atoms with Crippen molar-refractivity contribution in [3.05, 3.63) is 77.6 Å². The van der Waals surface area contributed by atoms with Crippen LogP contribution in [0.15, 0.2) is 60.8 Å². The molecule has 3 fully saturated rings. The summed E-state index contributed by atoms with van der Waals surface area (Å²) in [6, 6.07) is 16.1. The van der Waals surface area contributed by atoms with Crippen molar-refractivity contribution in [2.75, 3.05) is 40.4 Å². The highest BCUT2D eigenvalue weighted by Gasteiger charge is 2.42. The van der Waals surface area contributed by atoms with Crippen LogP contribution in [0, 0.1) is 29.1 Å². The Morgan fingerprint density at radius 2 is 1.79 bits per heavy atom. The number of hydrogen-bond acceptors (Lipinski definition) is 9. The molecule has 0 spiro atoms. The number of fused-ring (bicyclic) bond motifs is 6. The van der Waals surface area contributed by atoms with Crippen molar-refractivity contribution in [1.29, 1.82) is 0 Å². The van der Waals surface area contributed by atoms with E-state index in [1.807, 2.05) is 25.1 Å². The van der Waals surface area contributed by atoms with Gasteiger partial charge in [0.2, 0.25) is 11.8 Å². The molecule has 5 atom stereocenters. The number of ether oxygens (including phenoxy) is 2. The summed E-state index contributed by atoms with van der Waals surface area (Å²) >= 11 is 0. The van der Waals surface area contributed by atoms with Gasteiger partial charge in [0, 0.05) is 74.8 Å². The maximum Gasteiger partial charge on any atom is 0.324 e. The molecule has 14 nitrogen and oxygen atoms in total. The van der Waals surface area contributed by atoms with Crippen LogP contribution in [0.4, 0.5) is 0 Å². The molecule has 360 valence electrons. The number of benzene rings is 2. The van der Waals surface area contributed by atoms with E-state index in [-0.39, 0.29) is 49.3 Å². The highest BCUT2D eigenvalue weighted by molar-refractivity contribution is 5.97. The molecule has 4 amide bonds. The van der Waals surface area contributed by atoms with Crippen LogP contribution in [0.2, 0.25) is 0 Å². The minimum absolute atomic E-state index is 0.0979. The van der Waals surface area contributed by atoms with Crippen molar-refractivity contribution in [2.24, 2.45) is 17.3 Å². The van der Waals surface area contributed by atoms with Crippen LogP contribution in [0.3, 0.4) is 0 Å². The number of methoxy groups -OCH3 is 1. The molecule has 2 aromatic carbocycles. The average molecular weight is 926 g/mol. The third kappa shape index (κ3) is 10.1. The maximum absolute atomic E-state index is 14.9. The molecular formula is C54H67N7O7. The molecule has 14 heteroatoms. The number of hydrazine groups is 1. The summed E-state index contributed by atoms with van der Waals surface area (Å²) in [4.78, 5) is 78.5. The topological polar surface area (TPSA) is 155 Å². The molecule has 68 heavy (non-hydrogen) atoms. The number of carbonyl (C=O) groups excluding carboxylic acids is 5. The predicted octanol–water partition coefficient (Wildman–Crippen LogP) is 6.64. The number of nitrogens with one attached hydrogen (secondary N) is 2. The lowest BCUT2D eigenvalue weighted by Gasteiger charge is -2.37. The third-order valence-electron chi connectivity index (χ3n) is 14.6. The monoisotopic (exact) mass is 926 g/mol. The quantitative estimate of drug-likeness (QED) is 0.139. The number of aryl methyl sites for hydroxylation is 1. The number of aromatic nitrogens is 2. The van der Waals surface area contributed by atoms with Crippen molar-refractivity contribution in [1.82, 2.24) is 35.1 Å². The highest BCUT2D eigenvalue weighted by atomic mass is 16.5. The van der Waals surface area contributed by atoms with Crippen LogP contribution in [0.5, 0.6) is 0 Å². The van der Waals surface area contributed by atoms with Crippen LogP contribution in [-0.2, 0) is 52.8 Å². The second kappa shape index (κ2) is 20.7. The van der Waals surface area contributed by atoms with E-state index in [1.54, 1.807) is 37.1 Å². The zero-order valence-corrected chi connectivity index (χ0v) is 40.7. The minimum atomic E-state index is -1.03. The van der Waals surface area contributed by atoms with Gasteiger partial charge in [-0.25, -0.2) is 5.43 Å². The molecule has 1 saturated carbocycles. The Labute approximate surface area is 400 Å². The Hall–Kier alpha value is -6.04. The Kier molecular flexibility index (Phi) is 14.7. The molecule has 8 rings (SSSR count). The first-order valence-corrected chi connectivity index (χ1v) is 24.5. The number of cyclic esters (lactones) is 1. The minimum Gasteiger partial charge on any atom is -0.464 e. The SMILES string of the molecule is CC#CC(=O)N1CC[C@H](C(=O)N(C)[C@H](C(=O)N[C@H]2Cc3cccc(c3)-c3ccc4c(c3)c(c(-c3cccnc3[C@H](C)OC)n4CC)CC(C)(C)COC(=O)[C@@H]3CCCN(N3)C2=O)C2CCCC2)C1. The van der Waals surface area contributed by atoms with E-state index in [0.29, 0.717) is 45.3 Å². The van der Waals surface area contributed by atoms with Gasteiger partial charge in [0.25, 0.3) is 11.8 Å². The van der Waals surface area contributed by atoms with Crippen molar-refractivity contribution >= 4 is 40.5 Å². The van der Waals surface area contributed by atoms with E-state index < -0.39 is 41.3 Å². The zero-order chi connectivity index (χ0) is 48.3. The molecule has 2 saturated heterocycles. The lowest BCUT2D eigenvalue weighted by Crippen LogP contribution is -2.62. The summed E-state index contributed by atoms with van der Waals surface area (Å²) < 4.78 is 14.3. The predicted molar refractivity (Wildman–Crippen MR) is 260 cm³/mol. The van der Waals surface area contributed by atoms with E-state index in [0.717, 1.165) is 75.8 Å². The van der Waals surface area contributed by atoms with E-state index in [9.17, 15) is 24.0 Å². The highest BCUT2D eigenvalue weighted by Crippen LogP contribution is 2.42. The van der Waals surface area contributed by atoms with Crippen molar-refractivity contribution in [3.8, 4) is 34.2 Å². The molecule has 3 aliphatic heterocycles. The first-order chi connectivity index (χ1) is 32.7. The zero-order valence-electron chi connectivity index (χ0n) is 40.7. The summed E-state index contributed by atoms with van der Waals surface area (Å²) in [5, 5.41) is 5.71. The lowest BCUT2D eigenvalue weighted by atomic mass is 9.84. The summed E-state index contributed by atoms with van der Waals surface area (Å²) in [6.45, 7) is 11.8. The molecule has 4 aliphatic rings. The number of pyridine rings is 1. The fraction of sp³-hybridized carbons (Fsp3) is 0.519. The first-order valence-electron chi connectivity index (χ1n) is 24.5. The van der Waals surface area contributed by atoms with E-state index in [2.05, 4.69) is 84.3 Å². The lowest BCUT2D eigenvalue weighted by molar-refractivity contribution is -0.155. The number of carbonyl (C=O) groups is 5. The molecule has 0 radical (unpaired) electrons. The van der Waals surface area contributed by atoms with Crippen molar-refractivity contribution in [2.45, 2.75) is 123 Å². The standard InChI is InChI=1S/C54H67N7O7/c1-8-15-46(62)59-27-24-39(32-59)51(64)58(6)48(36-17-10-11-18-36)50(63)56-44-29-35-16-12-19-37(28-35)38-22-23-45-41(30-38)42(49(60(45)9-2)40-20-13-25-55-47(40)34(3)67-7)31-54(4,5)33-68-53(66)43-21-14-26-61(57-43)52(44)65/h12-13,16,19-20,22-23,25,28,30,34,36,39,43-44,48,57H,9-11,14,17-18,21,24,26-27,29,31-33H2,1-7H3,(H,56,63)/t34-,39-,43-,44-,48-/m0/s1. The molecule has 2 aromatic heterocycles. The Bertz CT molecular complexity index is 2620. The van der Waals surface area contributed by atoms with Gasteiger partial charge in [-0.2, -0.15) is 0 Å². The summed E-state index contributed by atoms with van der Waals surface area (Å²) in [5.74, 6) is 2.94. The smallest absolute Gasteiger partial charge is 0.324 e. The normalized spacial score (nSPS) is 21.9. The van der Waals surface area contributed by atoms with Crippen LogP contribution in [0.25, 0.3) is 33.3 Å². The molecule has 6 bridgehead atoms. The number of nitrogens with zero attached hydrogens (tertiary/aromatic N) is 5. The Morgan fingerprint density at radius 1 is 1.01 bits per heavy atom. The van der Waals surface area contributed by atoms with E-state index >= 15 is 0 Å². The van der Waals surface area contributed by atoms with Crippen LogP contribution in [0.1, 0.15) is 102 Å². The van der Waals surface area contributed by atoms with Gasteiger partial charge in [0.15, 0.2) is 0 Å². The number of rotatable bonds is 9. The fourth-order valence-electron chi connectivity index (χ4n) is 11.0. The summed E-state index contributed by atoms with van der Waals surface area (Å²) in [5.41, 5.74) is 10.6. The molecule has 4 aromatic rings. The molecular weight excluding hydrogens is 859 g/mol. The van der Waals surface area contributed by atoms with Gasteiger partial charge in [0.05, 0.1) is 30.0 Å². The number of hydrogen-bond donors (Lipinski definition) is 2. The fourth-order valence-corrected chi connectivity index (χ4v) is 11.0. The van der Waals surface area contributed by atoms with Gasteiger partial charge in [0.1, 0.15) is 18.1 Å². The van der Waals surface area contributed by atoms with Crippen LogP contribution >= 0.6 is 0 Å². The van der Waals surface area contributed by atoms with Crippen molar-refractivity contribution < 1.29 is 33.4 Å². The number of amides is 4. The molecule has 5 heterocycles. The molecule has 2 N–H and O–H groups in total. The summed E-state index contributed by atoms with van der Waals surface area (Å²) in [7, 11) is 3.37. The summed E-state index contributed by atoms with van der Waals surface area (Å²) in [6.07, 6.45) is 7.25. The Morgan fingerprint density at radius 3 is 2.54 bits per heavy atom. The maximum atomic E-state index is 14.9. The number of likely N-dealkylation sites (N-methyl/N-ethyl adjacent to an activating group) is 1. The van der Waals surface area contributed by atoms with Gasteiger partial charge in [-0.1, -0.05) is 62.9 Å². The second-order valence-corrected chi connectivity index (χ2v) is 19.9. The molecule has 0 unspecified atom stereocenters. The van der Waals surface area contributed by atoms with Gasteiger partial charge < -0.3 is 29.2 Å². The van der Waals surface area contributed by atoms with Crippen molar-refractivity contribution in [3.63, 3.8) is 0 Å². The van der Waals surface area contributed by atoms with Gasteiger partial charge >= 0.3 is 5.97 Å². The number of likely N-dealkylation sites (tertiary alicyclic amines) is 1. The van der Waals surface area contributed by atoms with Crippen LogP contribution < -0.4 is 10.7 Å². The van der Waals surface area contributed by atoms with E-state index in [4.69, 9.17) is 14.5 Å². The molecule has 1 aliphatic carbocycles. The Balaban J connectivity index is 1.18. The first kappa shape index (κ1) is 48.4. The third-order valence-corrected chi connectivity index (χ3v) is 14.6. The van der Waals surface area contributed by atoms with Gasteiger partial charge in [-0.05, 0) is 118 Å². The van der Waals surface area contributed by atoms with E-state index in [1.165, 1.54) is 5.01 Å².